The maximum atomic E-state index is 6.24. The van der Waals surface area contributed by atoms with Crippen LogP contribution in [0.1, 0.15) is 40.2 Å². The van der Waals surface area contributed by atoms with E-state index in [0.29, 0.717) is 5.92 Å². The van der Waals surface area contributed by atoms with Gasteiger partial charge in [0.25, 0.3) is 0 Å². The molecule has 0 bridgehead atoms. The van der Waals surface area contributed by atoms with Gasteiger partial charge in [0.05, 0.1) is 0 Å². The normalized spacial score (nSPS) is 13.3. The van der Waals surface area contributed by atoms with E-state index in [2.05, 4.69) is 52.6 Å². The minimum atomic E-state index is 0.108. The molecule has 0 saturated heterocycles. The van der Waals surface area contributed by atoms with Crippen molar-refractivity contribution in [2.24, 2.45) is 5.92 Å². The van der Waals surface area contributed by atoms with Crippen molar-refractivity contribution in [1.82, 2.24) is 5.32 Å². The van der Waals surface area contributed by atoms with Crippen molar-refractivity contribution in [3.05, 3.63) is 42.5 Å². The summed E-state index contributed by atoms with van der Waals surface area (Å²) in [5.41, 5.74) is 1.31. The molecule has 1 aromatic rings. The van der Waals surface area contributed by atoms with Crippen LogP contribution < -0.4 is 10.1 Å². The fourth-order valence-electron chi connectivity index (χ4n) is 1.93. The molecule has 1 unspecified atom stereocenters. The summed E-state index contributed by atoms with van der Waals surface area (Å²) in [6.45, 7) is 15.6. The number of rotatable bonds is 7. The topological polar surface area (TPSA) is 21.3 Å². The molecule has 0 aromatic heterocycles. The van der Waals surface area contributed by atoms with Crippen LogP contribution in [-0.2, 0) is 6.42 Å². The van der Waals surface area contributed by atoms with E-state index in [1.165, 1.54) is 5.56 Å². The van der Waals surface area contributed by atoms with Crippen LogP contribution in [0.15, 0.2) is 36.9 Å². The Bertz CT molecular complexity index is 418. The summed E-state index contributed by atoms with van der Waals surface area (Å²) >= 11 is 0. The number of allylic oxidation sites excluding steroid dienone is 1. The Morgan fingerprint density at radius 2 is 1.90 bits per heavy atom. The van der Waals surface area contributed by atoms with Crippen LogP contribution in [-0.4, -0.2) is 18.2 Å². The average Bonchev–Trinajstić information content (AvgIpc) is 2.35. The Balaban J connectivity index is 2.77. The second kappa shape index (κ2) is 7.49. The lowest BCUT2D eigenvalue weighted by Crippen LogP contribution is -2.44. The zero-order valence-corrected chi connectivity index (χ0v) is 13.6. The lowest BCUT2D eigenvalue weighted by atomic mass is 10.0. The van der Waals surface area contributed by atoms with Gasteiger partial charge in [0.2, 0.25) is 0 Å². The van der Waals surface area contributed by atoms with Crippen LogP contribution in [0.5, 0.6) is 5.75 Å². The highest BCUT2D eigenvalue weighted by molar-refractivity contribution is 5.34. The lowest BCUT2D eigenvalue weighted by molar-refractivity contribution is 0.138. The number of para-hydroxylation sites is 1. The Hall–Kier alpha value is -1.28. The fourth-order valence-corrected chi connectivity index (χ4v) is 1.93. The van der Waals surface area contributed by atoms with E-state index < -0.39 is 0 Å². The van der Waals surface area contributed by atoms with Crippen molar-refractivity contribution < 1.29 is 4.74 Å². The van der Waals surface area contributed by atoms with E-state index in [0.717, 1.165) is 18.7 Å². The molecule has 0 radical (unpaired) electrons. The predicted molar refractivity (Wildman–Crippen MR) is 87.4 cm³/mol. The number of nitrogens with one attached hydrogen (secondary N) is 1. The second-order valence-corrected chi connectivity index (χ2v) is 6.63. The summed E-state index contributed by atoms with van der Waals surface area (Å²) in [6, 6.07) is 8.22. The van der Waals surface area contributed by atoms with E-state index in [4.69, 9.17) is 4.74 Å². The van der Waals surface area contributed by atoms with Gasteiger partial charge in [-0.25, -0.2) is 0 Å². The molecule has 0 spiro atoms. The van der Waals surface area contributed by atoms with Gasteiger partial charge < -0.3 is 10.1 Å². The van der Waals surface area contributed by atoms with Crippen molar-refractivity contribution in [2.45, 2.75) is 52.7 Å². The van der Waals surface area contributed by atoms with E-state index in [9.17, 15) is 0 Å². The molecule has 1 rings (SSSR count). The first kappa shape index (κ1) is 16.8. The van der Waals surface area contributed by atoms with Crippen molar-refractivity contribution in [2.75, 3.05) is 6.54 Å². The van der Waals surface area contributed by atoms with Crippen molar-refractivity contribution in [3.8, 4) is 5.75 Å². The maximum Gasteiger partial charge on any atom is 0.123 e. The van der Waals surface area contributed by atoms with Crippen LogP contribution in [0, 0.1) is 5.92 Å². The summed E-state index contributed by atoms with van der Waals surface area (Å²) in [5, 5.41) is 3.53. The lowest BCUT2D eigenvalue weighted by Gasteiger charge is -2.28. The molecule has 2 heteroatoms. The van der Waals surface area contributed by atoms with Crippen LogP contribution in [0.2, 0.25) is 0 Å². The molecule has 0 saturated carbocycles. The van der Waals surface area contributed by atoms with Crippen LogP contribution in [0.25, 0.3) is 0 Å². The van der Waals surface area contributed by atoms with Crippen LogP contribution >= 0.6 is 0 Å². The standard InChI is InChI=1S/C18H29NO/c1-7-10-15-11-8-9-12-16(15)20-17(14(2)3)13-19-18(4,5)6/h7-9,11-12,14,17,19H,1,10,13H2,2-6H3. The van der Waals surface area contributed by atoms with Crippen molar-refractivity contribution in [3.63, 3.8) is 0 Å². The van der Waals surface area contributed by atoms with Crippen LogP contribution in [0.4, 0.5) is 0 Å². The minimum absolute atomic E-state index is 0.108. The highest BCUT2D eigenvalue weighted by atomic mass is 16.5. The van der Waals surface area contributed by atoms with E-state index >= 15 is 0 Å². The molecule has 20 heavy (non-hydrogen) atoms. The first-order valence-corrected chi connectivity index (χ1v) is 7.44. The first-order valence-electron chi connectivity index (χ1n) is 7.44. The van der Waals surface area contributed by atoms with Gasteiger partial charge in [-0.15, -0.1) is 6.58 Å². The van der Waals surface area contributed by atoms with Crippen LogP contribution in [0.3, 0.4) is 0 Å². The van der Waals surface area contributed by atoms with Gasteiger partial charge >= 0.3 is 0 Å². The Kier molecular flexibility index (Phi) is 6.28. The molecule has 2 nitrogen and oxygen atoms in total. The predicted octanol–water partition coefficient (Wildman–Crippen LogP) is 4.21. The van der Waals surface area contributed by atoms with Gasteiger partial charge in [0, 0.05) is 12.1 Å². The fraction of sp³-hybridized carbons (Fsp3) is 0.556. The Labute approximate surface area is 124 Å². The number of benzene rings is 1. The summed E-state index contributed by atoms with van der Waals surface area (Å²) in [5.74, 6) is 1.43. The molecule has 0 aliphatic rings. The van der Waals surface area contributed by atoms with Crippen molar-refractivity contribution >= 4 is 0 Å². The molecule has 112 valence electrons. The van der Waals surface area contributed by atoms with Crippen molar-refractivity contribution in [1.29, 1.82) is 0 Å². The molecule has 1 aromatic carbocycles. The summed E-state index contributed by atoms with van der Waals surface area (Å²) in [6.07, 6.45) is 2.92. The van der Waals surface area contributed by atoms with E-state index in [-0.39, 0.29) is 11.6 Å². The number of hydrogen-bond acceptors (Lipinski definition) is 2. The van der Waals surface area contributed by atoms with Gasteiger partial charge in [-0.1, -0.05) is 38.1 Å². The van der Waals surface area contributed by atoms with E-state index in [1.54, 1.807) is 0 Å². The van der Waals surface area contributed by atoms with E-state index in [1.807, 2.05) is 24.3 Å². The SMILES string of the molecule is C=CCc1ccccc1OC(CNC(C)(C)C)C(C)C. The zero-order valence-electron chi connectivity index (χ0n) is 13.6. The zero-order chi connectivity index (χ0) is 15.2. The first-order chi connectivity index (χ1) is 9.33. The molecule has 1 N–H and O–H groups in total. The third-order valence-electron chi connectivity index (χ3n) is 3.19. The van der Waals surface area contributed by atoms with Gasteiger partial charge in [-0.3, -0.25) is 0 Å². The highest BCUT2D eigenvalue weighted by Gasteiger charge is 2.19. The maximum absolute atomic E-state index is 6.24. The van der Waals surface area contributed by atoms with Gasteiger partial charge in [0.1, 0.15) is 11.9 Å². The van der Waals surface area contributed by atoms with Gasteiger partial charge in [-0.2, -0.15) is 0 Å². The average molecular weight is 275 g/mol. The minimum Gasteiger partial charge on any atom is -0.489 e. The molecular formula is C18H29NO. The number of hydrogen-bond donors (Lipinski definition) is 1. The summed E-state index contributed by atoms with van der Waals surface area (Å²) in [4.78, 5) is 0. The molecule has 0 fully saturated rings. The Morgan fingerprint density at radius 3 is 2.45 bits per heavy atom. The molecule has 0 aliphatic heterocycles. The molecular weight excluding hydrogens is 246 g/mol. The van der Waals surface area contributed by atoms with Gasteiger partial charge in [-0.05, 0) is 44.7 Å². The summed E-state index contributed by atoms with van der Waals surface area (Å²) < 4.78 is 6.24. The highest BCUT2D eigenvalue weighted by Crippen LogP contribution is 2.22. The third kappa shape index (κ3) is 5.79. The van der Waals surface area contributed by atoms with Gasteiger partial charge in [0.15, 0.2) is 0 Å². The monoisotopic (exact) mass is 275 g/mol. The largest absolute Gasteiger partial charge is 0.489 e. The quantitative estimate of drug-likeness (QED) is 0.753. The molecule has 0 amide bonds. The Morgan fingerprint density at radius 1 is 1.25 bits per heavy atom. The summed E-state index contributed by atoms with van der Waals surface area (Å²) in [7, 11) is 0. The number of ether oxygens (including phenoxy) is 1. The second-order valence-electron chi connectivity index (χ2n) is 6.63. The molecule has 0 aliphatic carbocycles. The molecule has 1 atom stereocenters. The smallest absolute Gasteiger partial charge is 0.123 e. The third-order valence-corrected chi connectivity index (χ3v) is 3.19. The molecule has 0 heterocycles.